The number of nitrogens with two attached hydrogens (primary N) is 2. The van der Waals surface area contributed by atoms with Crippen LogP contribution in [-0.2, 0) is 0 Å². The number of anilines is 1. The third-order valence-corrected chi connectivity index (χ3v) is 1.88. The van der Waals surface area contributed by atoms with Crippen molar-refractivity contribution in [3.8, 4) is 0 Å². The van der Waals surface area contributed by atoms with Gasteiger partial charge in [-0.05, 0) is 18.2 Å². The molecule has 1 amide bonds. The highest BCUT2D eigenvalue weighted by molar-refractivity contribution is 6.00. The fourth-order valence-corrected chi connectivity index (χ4v) is 1.22. The minimum absolute atomic E-state index is 0. The average molecular weight is 225 g/mol. The molecule has 2 aromatic rings. The van der Waals surface area contributed by atoms with Gasteiger partial charge in [0.2, 0.25) is 0 Å². The van der Waals surface area contributed by atoms with Crippen molar-refractivity contribution >= 4 is 35.2 Å². The summed E-state index contributed by atoms with van der Waals surface area (Å²) in [6, 6.07) is 5.14. The predicted molar refractivity (Wildman–Crippen MR) is 59.7 cm³/mol. The van der Waals surface area contributed by atoms with Crippen LogP contribution < -0.4 is 11.5 Å². The highest BCUT2D eigenvalue weighted by atomic mass is 35.5. The van der Waals surface area contributed by atoms with Crippen molar-refractivity contribution < 1.29 is 4.79 Å². The summed E-state index contributed by atoms with van der Waals surface area (Å²) in [6.45, 7) is 0. The van der Waals surface area contributed by atoms with E-state index in [-0.39, 0.29) is 23.8 Å². The molecule has 2 aromatic heterocycles. The second-order valence-corrected chi connectivity index (χ2v) is 2.84. The lowest BCUT2D eigenvalue weighted by molar-refractivity contribution is 0.100. The number of amides is 1. The first-order valence-corrected chi connectivity index (χ1v) is 3.99. The third-order valence-electron chi connectivity index (χ3n) is 1.88. The van der Waals surface area contributed by atoms with E-state index in [4.69, 9.17) is 11.5 Å². The second-order valence-electron chi connectivity index (χ2n) is 2.84. The Balaban J connectivity index is 0.00000112. The molecule has 0 saturated heterocycles. The number of pyridine rings is 2. The van der Waals surface area contributed by atoms with Gasteiger partial charge in [-0.1, -0.05) is 0 Å². The molecule has 0 atom stereocenters. The Kier molecular flexibility index (Phi) is 3.06. The lowest BCUT2D eigenvalue weighted by Gasteiger charge is -2.02. The maximum absolute atomic E-state index is 10.9. The van der Waals surface area contributed by atoms with Gasteiger partial charge in [0.15, 0.2) is 5.65 Å². The maximum atomic E-state index is 10.9. The van der Waals surface area contributed by atoms with Crippen molar-refractivity contribution in [2.24, 2.45) is 5.73 Å². The predicted octanol–water partition coefficient (Wildman–Crippen LogP) is 0.733. The van der Waals surface area contributed by atoms with Crippen LogP contribution in [0.5, 0.6) is 0 Å². The van der Waals surface area contributed by atoms with Crippen molar-refractivity contribution in [3.63, 3.8) is 0 Å². The topological polar surface area (TPSA) is 94.9 Å². The molecule has 78 valence electrons. The number of halogens is 1. The molecule has 0 aromatic carbocycles. The van der Waals surface area contributed by atoms with E-state index in [0.717, 1.165) is 5.39 Å². The first kappa shape index (κ1) is 11.2. The van der Waals surface area contributed by atoms with E-state index in [1.807, 2.05) is 0 Å². The number of nitrogen functional groups attached to an aromatic ring is 1. The SMILES string of the molecule is Cl.NC(=O)c1cc2cccnc2nc1N. The third kappa shape index (κ3) is 1.97. The number of hydrogen-bond acceptors (Lipinski definition) is 4. The molecular weight excluding hydrogens is 216 g/mol. The molecule has 0 bridgehead atoms. The smallest absolute Gasteiger partial charge is 0.252 e. The van der Waals surface area contributed by atoms with E-state index in [9.17, 15) is 4.79 Å². The van der Waals surface area contributed by atoms with Crippen LogP contribution >= 0.6 is 12.4 Å². The number of carbonyl (C=O) groups is 1. The van der Waals surface area contributed by atoms with Gasteiger partial charge in [0.05, 0.1) is 5.56 Å². The Morgan fingerprint density at radius 1 is 1.40 bits per heavy atom. The Morgan fingerprint density at radius 3 is 2.80 bits per heavy atom. The van der Waals surface area contributed by atoms with Gasteiger partial charge in [-0.3, -0.25) is 4.79 Å². The molecule has 0 aliphatic heterocycles. The number of carbonyl (C=O) groups excluding carboxylic acids is 1. The van der Waals surface area contributed by atoms with Crippen LogP contribution in [-0.4, -0.2) is 15.9 Å². The van der Waals surface area contributed by atoms with Gasteiger partial charge in [0.25, 0.3) is 5.91 Å². The fraction of sp³-hybridized carbons (Fsp3) is 0. The summed E-state index contributed by atoms with van der Waals surface area (Å²) in [5, 5.41) is 0.746. The van der Waals surface area contributed by atoms with Gasteiger partial charge in [0.1, 0.15) is 5.82 Å². The molecule has 0 radical (unpaired) electrons. The lowest BCUT2D eigenvalue weighted by Crippen LogP contribution is -2.14. The van der Waals surface area contributed by atoms with Crippen LogP contribution in [0.1, 0.15) is 10.4 Å². The Labute approximate surface area is 91.9 Å². The molecule has 2 heterocycles. The number of aromatic nitrogens is 2. The van der Waals surface area contributed by atoms with Crippen molar-refractivity contribution in [1.29, 1.82) is 0 Å². The molecule has 0 unspecified atom stereocenters. The second kappa shape index (κ2) is 4.10. The Morgan fingerprint density at radius 2 is 2.13 bits per heavy atom. The van der Waals surface area contributed by atoms with Gasteiger partial charge in [-0.2, -0.15) is 0 Å². The molecule has 0 aliphatic rings. The van der Waals surface area contributed by atoms with Gasteiger partial charge >= 0.3 is 0 Å². The van der Waals surface area contributed by atoms with Crippen LogP contribution in [0.15, 0.2) is 24.4 Å². The van der Waals surface area contributed by atoms with Crippen LogP contribution in [0.2, 0.25) is 0 Å². The van der Waals surface area contributed by atoms with Crippen molar-refractivity contribution in [2.45, 2.75) is 0 Å². The van der Waals surface area contributed by atoms with Crippen molar-refractivity contribution in [1.82, 2.24) is 9.97 Å². The summed E-state index contributed by atoms with van der Waals surface area (Å²) in [7, 11) is 0. The minimum Gasteiger partial charge on any atom is -0.383 e. The van der Waals surface area contributed by atoms with E-state index in [0.29, 0.717) is 5.65 Å². The highest BCUT2D eigenvalue weighted by Crippen LogP contribution is 2.15. The molecular formula is C9H9ClN4O. The molecule has 4 N–H and O–H groups in total. The van der Waals surface area contributed by atoms with Gasteiger partial charge < -0.3 is 11.5 Å². The monoisotopic (exact) mass is 224 g/mol. The molecule has 0 aliphatic carbocycles. The largest absolute Gasteiger partial charge is 0.383 e. The van der Waals surface area contributed by atoms with Crippen LogP contribution in [0.4, 0.5) is 5.82 Å². The number of hydrogen-bond donors (Lipinski definition) is 2. The molecule has 0 saturated carbocycles. The van der Waals surface area contributed by atoms with E-state index in [2.05, 4.69) is 9.97 Å². The van der Waals surface area contributed by atoms with Crippen LogP contribution in [0.25, 0.3) is 11.0 Å². The van der Waals surface area contributed by atoms with Gasteiger partial charge in [-0.15, -0.1) is 12.4 Å². The molecule has 2 rings (SSSR count). The van der Waals surface area contributed by atoms with Crippen LogP contribution in [0, 0.1) is 0 Å². The van der Waals surface area contributed by atoms with Gasteiger partial charge in [0, 0.05) is 11.6 Å². The zero-order valence-electron chi connectivity index (χ0n) is 7.68. The first-order valence-electron chi connectivity index (χ1n) is 3.99. The van der Waals surface area contributed by atoms with E-state index in [1.165, 1.54) is 0 Å². The summed E-state index contributed by atoms with van der Waals surface area (Å²) < 4.78 is 0. The maximum Gasteiger partial charge on any atom is 0.252 e. The zero-order chi connectivity index (χ0) is 10.1. The van der Waals surface area contributed by atoms with Crippen LogP contribution in [0.3, 0.4) is 0 Å². The molecule has 0 fully saturated rings. The van der Waals surface area contributed by atoms with Crippen molar-refractivity contribution in [2.75, 3.05) is 5.73 Å². The quantitative estimate of drug-likeness (QED) is 0.747. The summed E-state index contributed by atoms with van der Waals surface area (Å²) >= 11 is 0. The normalized spacial score (nSPS) is 9.60. The fourth-order valence-electron chi connectivity index (χ4n) is 1.22. The summed E-state index contributed by atoms with van der Waals surface area (Å²) in [4.78, 5) is 18.9. The number of rotatable bonds is 1. The van der Waals surface area contributed by atoms with Crippen molar-refractivity contribution in [3.05, 3.63) is 30.0 Å². The van der Waals surface area contributed by atoms with Gasteiger partial charge in [-0.25, -0.2) is 9.97 Å². The lowest BCUT2D eigenvalue weighted by atomic mass is 10.2. The summed E-state index contributed by atoms with van der Waals surface area (Å²) in [5.74, 6) is -0.468. The Bertz CT molecular complexity index is 514. The Hall–Kier alpha value is -1.88. The number of primary amides is 1. The molecule has 0 spiro atoms. The standard InChI is InChI=1S/C9H8N4O.ClH/c10-7-6(8(11)14)4-5-2-1-3-12-9(5)13-7;/h1-4H,(H2,11,14)(H2,10,12,13);1H. The summed E-state index contributed by atoms with van der Waals surface area (Å²) in [6.07, 6.45) is 1.61. The average Bonchev–Trinajstić information content (AvgIpc) is 2.16. The minimum atomic E-state index is -0.583. The zero-order valence-corrected chi connectivity index (χ0v) is 8.49. The summed E-state index contributed by atoms with van der Waals surface area (Å²) in [5.41, 5.74) is 11.4. The molecule has 15 heavy (non-hydrogen) atoms. The van der Waals surface area contributed by atoms with E-state index in [1.54, 1.807) is 24.4 Å². The van der Waals surface area contributed by atoms with E-state index < -0.39 is 5.91 Å². The number of nitrogens with zero attached hydrogens (tertiary/aromatic N) is 2. The highest BCUT2D eigenvalue weighted by Gasteiger charge is 2.08. The van der Waals surface area contributed by atoms with E-state index >= 15 is 0 Å². The number of fused-ring (bicyclic) bond motifs is 1. The first-order chi connectivity index (χ1) is 6.68. The molecule has 6 heteroatoms. The molecule has 5 nitrogen and oxygen atoms in total.